The Balaban J connectivity index is 3.27. The van der Waals surface area contributed by atoms with Gasteiger partial charge in [-0.2, -0.15) is 0 Å². The van der Waals surface area contributed by atoms with Gasteiger partial charge in [0.05, 0.1) is 0 Å². The normalized spacial score (nSPS) is 10.4. The van der Waals surface area contributed by atoms with E-state index in [1.807, 2.05) is 19.1 Å². The lowest BCUT2D eigenvalue weighted by atomic mass is 10.2. The molecule has 0 aromatic rings. The van der Waals surface area contributed by atoms with Crippen LogP contribution >= 0.6 is 11.6 Å². The largest absolute Gasteiger partial charge is 0.127 e. The van der Waals surface area contributed by atoms with Gasteiger partial charge in [0.1, 0.15) is 0 Å². The summed E-state index contributed by atoms with van der Waals surface area (Å²) in [6.45, 7) is 5.83. The predicted octanol–water partition coefficient (Wildman–Crippen LogP) is 3.14. The maximum atomic E-state index is 5.48. The second-order valence-electron chi connectivity index (χ2n) is 1.95. The van der Waals surface area contributed by atoms with Crippen molar-refractivity contribution in [3.05, 3.63) is 24.3 Å². The van der Waals surface area contributed by atoms with Gasteiger partial charge in [0.15, 0.2) is 0 Å². The van der Waals surface area contributed by atoms with Gasteiger partial charge in [0, 0.05) is 5.88 Å². The van der Waals surface area contributed by atoms with Crippen molar-refractivity contribution in [2.45, 2.75) is 19.8 Å². The quantitative estimate of drug-likeness (QED) is 0.420. The summed E-state index contributed by atoms with van der Waals surface area (Å²) in [5.41, 5.74) is 1.16. The Morgan fingerprint density at radius 1 is 1.67 bits per heavy atom. The zero-order valence-electron chi connectivity index (χ0n) is 5.86. The summed E-state index contributed by atoms with van der Waals surface area (Å²) in [6.07, 6.45) is 6.07. The summed E-state index contributed by atoms with van der Waals surface area (Å²) in [6, 6.07) is 0. The van der Waals surface area contributed by atoms with Crippen LogP contribution in [-0.2, 0) is 0 Å². The first-order valence-corrected chi connectivity index (χ1v) is 3.71. The van der Waals surface area contributed by atoms with Crippen molar-refractivity contribution in [2.24, 2.45) is 0 Å². The fraction of sp³-hybridized carbons (Fsp3) is 0.500. The Kier molecular flexibility index (Phi) is 5.75. The lowest BCUT2D eigenvalue weighted by Gasteiger charge is -1.93. The van der Waals surface area contributed by atoms with Gasteiger partial charge in [0.2, 0.25) is 0 Å². The molecular formula is C8H13Cl. The molecule has 0 heterocycles. The molecule has 0 aliphatic carbocycles. The summed E-state index contributed by atoms with van der Waals surface area (Å²) >= 11 is 5.48. The molecule has 0 nitrogen and oxygen atoms in total. The fourth-order valence-corrected chi connectivity index (χ4v) is 0.747. The van der Waals surface area contributed by atoms with E-state index < -0.39 is 0 Å². The van der Waals surface area contributed by atoms with Crippen molar-refractivity contribution >= 4 is 11.6 Å². The Morgan fingerprint density at radius 2 is 2.33 bits per heavy atom. The van der Waals surface area contributed by atoms with E-state index in [9.17, 15) is 0 Å². The maximum absolute atomic E-state index is 5.48. The van der Waals surface area contributed by atoms with E-state index in [2.05, 4.69) is 6.58 Å². The molecule has 0 saturated heterocycles. The van der Waals surface area contributed by atoms with E-state index >= 15 is 0 Å². The first-order chi connectivity index (χ1) is 4.31. The number of rotatable bonds is 4. The third-order valence-electron chi connectivity index (χ3n) is 1.03. The first kappa shape index (κ1) is 8.77. The molecule has 0 aliphatic heterocycles. The van der Waals surface area contributed by atoms with Crippen LogP contribution in [0.5, 0.6) is 0 Å². The summed E-state index contributed by atoms with van der Waals surface area (Å²) in [7, 11) is 0. The van der Waals surface area contributed by atoms with Crippen LogP contribution in [0.15, 0.2) is 24.3 Å². The first-order valence-electron chi connectivity index (χ1n) is 3.17. The Hall–Kier alpha value is -0.230. The highest BCUT2D eigenvalue weighted by Crippen LogP contribution is 2.03. The highest BCUT2D eigenvalue weighted by atomic mass is 35.5. The Labute approximate surface area is 62.2 Å². The smallest absolute Gasteiger partial charge is 0.0226 e. The molecule has 0 radical (unpaired) electrons. The fourth-order valence-electron chi connectivity index (χ4n) is 0.613. The number of alkyl halides is 1. The van der Waals surface area contributed by atoms with Crippen LogP contribution in [-0.4, -0.2) is 5.88 Å². The van der Waals surface area contributed by atoms with Gasteiger partial charge in [-0.25, -0.2) is 0 Å². The van der Waals surface area contributed by atoms with E-state index in [0.717, 1.165) is 24.3 Å². The third-order valence-corrected chi connectivity index (χ3v) is 1.30. The topological polar surface area (TPSA) is 0 Å². The lowest BCUT2D eigenvalue weighted by Crippen LogP contribution is -1.77. The van der Waals surface area contributed by atoms with Gasteiger partial charge < -0.3 is 0 Å². The minimum atomic E-state index is 0.733. The average molecular weight is 145 g/mol. The zero-order valence-corrected chi connectivity index (χ0v) is 6.62. The third kappa shape index (κ3) is 5.64. The second kappa shape index (κ2) is 5.90. The molecule has 0 aliphatic rings. The molecule has 52 valence electrons. The van der Waals surface area contributed by atoms with Crippen molar-refractivity contribution in [2.75, 3.05) is 5.88 Å². The van der Waals surface area contributed by atoms with Crippen LogP contribution in [0.25, 0.3) is 0 Å². The zero-order chi connectivity index (χ0) is 7.11. The predicted molar refractivity (Wildman–Crippen MR) is 43.9 cm³/mol. The van der Waals surface area contributed by atoms with Gasteiger partial charge in [-0.1, -0.05) is 24.3 Å². The van der Waals surface area contributed by atoms with Gasteiger partial charge in [0.25, 0.3) is 0 Å². The van der Waals surface area contributed by atoms with Gasteiger partial charge in [-0.15, -0.1) is 11.6 Å². The molecule has 0 unspecified atom stereocenters. The minimum absolute atomic E-state index is 0.733. The molecular weight excluding hydrogens is 132 g/mol. The highest BCUT2D eigenvalue weighted by molar-refractivity contribution is 6.17. The van der Waals surface area contributed by atoms with Crippen LogP contribution in [0.1, 0.15) is 19.8 Å². The average Bonchev–Trinajstić information content (AvgIpc) is 1.85. The molecule has 0 N–H and O–H groups in total. The molecule has 9 heavy (non-hydrogen) atoms. The SMILES string of the molecule is C=C(/C=C/C)CCCCl. The molecule has 0 spiro atoms. The molecule has 0 fully saturated rings. The Bertz CT molecular complexity index is 103. The van der Waals surface area contributed by atoms with Crippen LogP contribution in [0, 0.1) is 0 Å². The number of allylic oxidation sites excluding steroid dienone is 3. The van der Waals surface area contributed by atoms with Crippen molar-refractivity contribution in [3.8, 4) is 0 Å². The molecule has 0 amide bonds. The molecule has 0 atom stereocenters. The number of halogens is 1. The minimum Gasteiger partial charge on any atom is -0.127 e. The molecule has 0 aromatic heterocycles. The second-order valence-corrected chi connectivity index (χ2v) is 2.33. The molecule has 0 saturated carbocycles. The maximum Gasteiger partial charge on any atom is 0.0226 e. The summed E-state index contributed by atoms with van der Waals surface area (Å²) in [4.78, 5) is 0. The summed E-state index contributed by atoms with van der Waals surface area (Å²) < 4.78 is 0. The molecule has 0 bridgehead atoms. The van der Waals surface area contributed by atoms with Crippen molar-refractivity contribution in [3.63, 3.8) is 0 Å². The molecule has 0 rings (SSSR count). The van der Waals surface area contributed by atoms with Gasteiger partial charge >= 0.3 is 0 Å². The summed E-state index contributed by atoms with van der Waals surface area (Å²) in [5.74, 6) is 0.733. The molecule has 1 heteroatoms. The van der Waals surface area contributed by atoms with E-state index in [4.69, 9.17) is 11.6 Å². The lowest BCUT2D eigenvalue weighted by molar-refractivity contribution is 0.936. The standard InChI is InChI=1S/C8H13Cl/c1-3-5-8(2)6-4-7-9/h3,5H,2,4,6-7H2,1H3/b5-3+. The Morgan fingerprint density at radius 3 is 2.78 bits per heavy atom. The van der Waals surface area contributed by atoms with Crippen LogP contribution < -0.4 is 0 Å². The number of hydrogen-bond acceptors (Lipinski definition) is 0. The monoisotopic (exact) mass is 144 g/mol. The van der Waals surface area contributed by atoms with Crippen LogP contribution in [0.3, 0.4) is 0 Å². The van der Waals surface area contributed by atoms with E-state index in [1.165, 1.54) is 0 Å². The van der Waals surface area contributed by atoms with Crippen molar-refractivity contribution < 1.29 is 0 Å². The van der Waals surface area contributed by atoms with E-state index in [1.54, 1.807) is 0 Å². The summed E-state index contributed by atoms with van der Waals surface area (Å²) in [5, 5.41) is 0. The van der Waals surface area contributed by atoms with E-state index in [-0.39, 0.29) is 0 Å². The number of hydrogen-bond donors (Lipinski definition) is 0. The molecule has 0 aromatic carbocycles. The van der Waals surface area contributed by atoms with E-state index in [0.29, 0.717) is 0 Å². The van der Waals surface area contributed by atoms with Crippen molar-refractivity contribution in [1.29, 1.82) is 0 Å². The van der Waals surface area contributed by atoms with Gasteiger partial charge in [-0.05, 0) is 19.8 Å². The van der Waals surface area contributed by atoms with Crippen LogP contribution in [0.4, 0.5) is 0 Å². The van der Waals surface area contributed by atoms with Crippen LogP contribution in [0.2, 0.25) is 0 Å². The highest BCUT2D eigenvalue weighted by Gasteiger charge is 1.85. The van der Waals surface area contributed by atoms with Crippen molar-refractivity contribution in [1.82, 2.24) is 0 Å². The van der Waals surface area contributed by atoms with Gasteiger partial charge in [-0.3, -0.25) is 0 Å².